The standard InChI is InChI=1S/C13H15N7/c1-9-5-12(20-13(17-9)14-7-16-20)19-4-3-11-10(6-19)15-8-18(11)2/h5,7-8H,3-4,6H2,1-2H3. The van der Waals surface area contributed by atoms with E-state index in [0.717, 1.165) is 36.7 Å². The fourth-order valence-electron chi connectivity index (χ4n) is 2.79. The van der Waals surface area contributed by atoms with Crippen LogP contribution in [0.15, 0.2) is 18.7 Å². The van der Waals surface area contributed by atoms with Gasteiger partial charge < -0.3 is 9.47 Å². The van der Waals surface area contributed by atoms with E-state index in [9.17, 15) is 0 Å². The van der Waals surface area contributed by atoms with Gasteiger partial charge in [-0.2, -0.15) is 14.6 Å². The average molecular weight is 269 g/mol. The topological polar surface area (TPSA) is 64.1 Å². The third-order valence-electron chi connectivity index (χ3n) is 3.79. The lowest BCUT2D eigenvalue weighted by molar-refractivity contribution is 0.664. The van der Waals surface area contributed by atoms with E-state index in [1.807, 2.05) is 20.3 Å². The molecule has 0 aliphatic carbocycles. The third-order valence-corrected chi connectivity index (χ3v) is 3.79. The molecule has 7 heteroatoms. The maximum Gasteiger partial charge on any atom is 0.254 e. The van der Waals surface area contributed by atoms with Crippen LogP contribution in [0.25, 0.3) is 5.78 Å². The van der Waals surface area contributed by atoms with Crippen LogP contribution in [0.4, 0.5) is 5.82 Å². The number of rotatable bonds is 1. The van der Waals surface area contributed by atoms with Gasteiger partial charge in [-0.05, 0) is 6.92 Å². The molecule has 0 saturated carbocycles. The minimum absolute atomic E-state index is 0.645. The predicted molar refractivity (Wildman–Crippen MR) is 73.5 cm³/mol. The molecule has 7 nitrogen and oxygen atoms in total. The van der Waals surface area contributed by atoms with Gasteiger partial charge in [0.05, 0.1) is 18.6 Å². The molecule has 1 aliphatic rings. The lowest BCUT2D eigenvalue weighted by Gasteiger charge is -2.28. The molecule has 0 saturated heterocycles. The van der Waals surface area contributed by atoms with Crippen molar-refractivity contribution in [3.05, 3.63) is 35.8 Å². The Morgan fingerprint density at radius 2 is 2.15 bits per heavy atom. The summed E-state index contributed by atoms with van der Waals surface area (Å²) in [5, 5.41) is 4.27. The van der Waals surface area contributed by atoms with Gasteiger partial charge in [0.1, 0.15) is 12.1 Å². The van der Waals surface area contributed by atoms with Crippen molar-refractivity contribution in [1.29, 1.82) is 0 Å². The van der Waals surface area contributed by atoms with E-state index < -0.39 is 0 Å². The summed E-state index contributed by atoms with van der Waals surface area (Å²) in [5.74, 6) is 1.67. The first-order valence-electron chi connectivity index (χ1n) is 6.64. The highest BCUT2D eigenvalue weighted by Gasteiger charge is 2.22. The highest BCUT2D eigenvalue weighted by atomic mass is 15.4. The molecule has 102 valence electrons. The number of imidazole rings is 1. The SMILES string of the molecule is Cc1cc(N2CCc3c(ncn3C)C2)n2ncnc2n1. The largest absolute Gasteiger partial charge is 0.350 e. The number of anilines is 1. The second kappa shape index (κ2) is 4.03. The van der Waals surface area contributed by atoms with Gasteiger partial charge in [-0.3, -0.25) is 0 Å². The number of hydrogen-bond donors (Lipinski definition) is 0. The van der Waals surface area contributed by atoms with E-state index in [0.29, 0.717) is 5.78 Å². The molecule has 0 aromatic carbocycles. The van der Waals surface area contributed by atoms with Crippen LogP contribution in [0.1, 0.15) is 17.1 Å². The zero-order valence-corrected chi connectivity index (χ0v) is 11.5. The van der Waals surface area contributed by atoms with Crippen LogP contribution in [0, 0.1) is 6.92 Å². The summed E-state index contributed by atoms with van der Waals surface area (Å²) in [5.41, 5.74) is 3.41. The van der Waals surface area contributed by atoms with E-state index in [1.54, 1.807) is 10.8 Å². The maximum atomic E-state index is 4.48. The van der Waals surface area contributed by atoms with Crippen molar-refractivity contribution in [2.75, 3.05) is 11.4 Å². The van der Waals surface area contributed by atoms with Crippen molar-refractivity contribution in [2.45, 2.75) is 19.9 Å². The Labute approximate surface area is 115 Å². The number of aryl methyl sites for hydroxylation is 2. The molecule has 0 bridgehead atoms. The summed E-state index contributed by atoms with van der Waals surface area (Å²) in [7, 11) is 2.05. The molecule has 0 radical (unpaired) electrons. The maximum absolute atomic E-state index is 4.48. The first-order chi connectivity index (χ1) is 9.72. The van der Waals surface area contributed by atoms with Crippen molar-refractivity contribution in [3.8, 4) is 0 Å². The predicted octanol–water partition coefficient (Wildman–Crippen LogP) is 0.729. The first-order valence-corrected chi connectivity index (χ1v) is 6.64. The average Bonchev–Trinajstić information content (AvgIpc) is 3.04. The number of hydrogen-bond acceptors (Lipinski definition) is 5. The first kappa shape index (κ1) is 11.4. The fourth-order valence-corrected chi connectivity index (χ4v) is 2.79. The van der Waals surface area contributed by atoms with Crippen molar-refractivity contribution in [3.63, 3.8) is 0 Å². The Balaban J connectivity index is 1.79. The van der Waals surface area contributed by atoms with Crippen molar-refractivity contribution >= 4 is 11.6 Å². The van der Waals surface area contributed by atoms with Gasteiger partial charge in [0.2, 0.25) is 0 Å². The van der Waals surface area contributed by atoms with Crippen LogP contribution in [0.3, 0.4) is 0 Å². The van der Waals surface area contributed by atoms with Gasteiger partial charge in [0.15, 0.2) is 0 Å². The molecule has 0 N–H and O–H groups in total. The molecular weight excluding hydrogens is 254 g/mol. The zero-order chi connectivity index (χ0) is 13.7. The summed E-state index contributed by atoms with van der Waals surface area (Å²) in [6.45, 7) is 3.73. The monoisotopic (exact) mass is 269 g/mol. The molecule has 4 rings (SSSR count). The Kier molecular flexibility index (Phi) is 2.29. The van der Waals surface area contributed by atoms with E-state index in [4.69, 9.17) is 0 Å². The number of aromatic nitrogens is 6. The van der Waals surface area contributed by atoms with E-state index in [1.165, 1.54) is 5.69 Å². The van der Waals surface area contributed by atoms with E-state index >= 15 is 0 Å². The number of nitrogens with zero attached hydrogens (tertiary/aromatic N) is 7. The lowest BCUT2D eigenvalue weighted by atomic mass is 10.1. The molecule has 0 unspecified atom stereocenters. The molecule has 0 spiro atoms. The van der Waals surface area contributed by atoms with Gasteiger partial charge in [-0.25, -0.2) is 9.97 Å². The normalized spacial score (nSPS) is 14.8. The summed E-state index contributed by atoms with van der Waals surface area (Å²) >= 11 is 0. The van der Waals surface area contributed by atoms with Crippen LogP contribution in [-0.2, 0) is 20.0 Å². The van der Waals surface area contributed by atoms with Crippen LogP contribution >= 0.6 is 0 Å². The van der Waals surface area contributed by atoms with E-state index in [-0.39, 0.29) is 0 Å². The zero-order valence-electron chi connectivity index (χ0n) is 11.5. The molecular formula is C13H15N7. The Hall–Kier alpha value is -2.44. The smallest absolute Gasteiger partial charge is 0.254 e. The Bertz CT molecular complexity index is 785. The van der Waals surface area contributed by atoms with Crippen LogP contribution in [-0.4, -0.2) is 35.7 Å². The fraction of sp³-hybridized carbons (Fsp3) is 0.385. The van der Waals surface area contributed by atoms with Crippen LogP contribution < -0.4 is 4.90 Å². The van der Waals surface area contributed by atoms with Crippen molar-refractivity contribution < 1.29 is 0 Å². The summed E-state index contributed by atoms with van der Waals surface area (Å²) in [6, 6.07) is 2.05. The van der Waals surface area contributed by atoms with Gasteiger partial charge >= 0.3 is 0 Å². The summed E-state index contributed by atoms with van der Waals surface area (Å²) < 4.78 is 3.90. The van der Waals surface area contributed by atoms with Gasteiger partial charge in [-0.1, -0.05) is 0 Å². The van der Waals surface area contributed by atoms with Crippen LogP contribution in [0.5, 0.6) is 0 Å². The molecule has 20 heavy (non-hydrogen) atoms. The van der Waals surface area contributed by atoms with Gasteiger partial charge in [0.25, 0.3) is 5.78 Å². The minimum atomic E-state index is 0.645. The highest BCUT2D eigenvalue weighted by Crippen LogP contribution is 2.23. The molecule has 4 heterocycles. The molecule has 3 aromatic heterocycles. The minimum Gasteiger partial charge on any atom is -0.350 e. The molecule has 0 amide bonds. The Morgan fingerprint density at radius 3 is 3.05 bits per heavy atom. The molecule has 3 aromatic rings. The summed E-state index contributed by atoms with van der Waals surface area (Å²) in [6.07, 6.45) is 4.42. The Morgan fingerprint density at radius 1 is 1.25 bits per heavy atom. The summed E-state index contributed by atoms with van der Waals surface area (Å²) in [4.78, 5) is 15.3. The van der Waals surface area contributed by atoms with E-state index in [2.05, 4.69) is 35.6 Å². The van der Waals surface area contributed by atoms with Crippen molar-refractivity contribution in [1.82, 2.24) is 29.1 Å². The van der Waals surface area contributed by atoms with Gasteiger partial charge in [0, 0.05) is 37.5 Å². The highest BCUT2D eigenvalue weighted by molar-refractivity contribution is 5.48. The van der Waals surface area contributed by atoms with Crippen LogP contribution in [0.2, 0.25) is 0 Å². The second-order valence-electron chi connectivity index (χ2n) is 5.15. The van der Waals surface area contributed by atoms with Crippen molar-refractivity contribution in [2.24, 2.45) is 7.05 Å². The molecule has 0 fully saturated rings. The third kappa shape index (κ3) is 1.59. The lowest BCUT2D eigenvalue weighted by Crippen LogP contribution is -2.32. The number of fused-ring (bicyclic) bond motifs is 2. The molecule has 1 aliphatic heterocycles. The second-order valence-corrected chi connectivity index (χ2v) is 5.15. The van der Waals surface area contributed by atoms with Gasteiger partial charge in [-0.15, -0.1) is 0 Å². The quantitative estimate of drug-likeness (QED) is 0.651. The molecule has 0 atom stereocenters.